The molecule has 0 bridgehead atoms. The average Bonchev–Trinajstić information content (AvgIpc) is 2.60. The number of nitrogens with zero attached hydrogens (tertiary/aromatic N) is 5. The van der Waals surface area contributed by atoms with Crippen LogP contribution in [0.3, 0.4) is 0 Å². The summed E-state index contributed by atoms with van der Waals surface area (Å²) in [6, 6.07) is 3.51. The van der Waals surface area contributed by atoms with E-state index in [-0.39, 0.29) is 5.91 Å². The van der Waals surface area contributed by atoms with Gasteiger partial charge in [0.2, 0.25) is 0 Å². The van der Waals surface area contributed by atoms with Crippen LogP contribution in [0.4, 0.5) is 5.82 Å². The molecule has 7 nitrogen and oxygen atoms in total. The monoisotopic (exact) mass is 298 g/mol. The highest BCUT2D eigenvalue weighted by Gasteiger charge is 2.20. The Bertz CT molecular complexity index is 685. The van der Waals surface area contributed by atoms with Crippen LogP contribution in [-0.2, 0) is 19.4 Å². The molecule has 0 unspecified atom stereocenters. The minimum Gasteiger partial charge on any atom is -0.354 e. The first-order chi connectivity index (χ1) is 10.7. The molecule has 3 rings (SSSR count). The molecule has 1 N–H and O–H groups in total. The van der Waals surface area contributed by atoms with E-state index >= 15 is 0 Å². The number of aryl methyl sites for hydroxylation is 1. The second-order valence-corrected chi connectivity index (χ2v) is 5.14. The third kappa shape index (κ3) is 2.74. The van der Waals surface area contributed by atoms with Gasteiger partial charge in [0.05, 0.1) is 12.2 Å². The molecule has 1 amide bonds. The smallest absolute Gasteiger partial charge is 0.271 e. The van der Waals surface area contributed by atoms with Gasteiger partial charge in [0, 0.05) is 26.2 Å². The van der Waals surface area contributed by atoms with Crippen LogP contribution in [0.5, 0.6) is 0 Å². The SMILES string of the molecule is CCc1ncc2c(n1)CN(c1ccc(C(=O)NC)nn1)CC2. The molecule has 0 saturated carbocycles. The molecule has 22 heavy (non-hydrogen) atoms. The molecule has 2 aromatic rings. The summed E-state index contributed by atoms with van der Waals surface area (Å²) in [6.45, 7) is 3.58. The molecule has 7 heteroatoms. The van der Waals surface area contributed by atoms with Gasteiger partial charge in [0.25, 0.3) is 5.91 Å². The van der Waals surface area contributed by atoms with E-state index in [4.69, 9.17) is 0 Å². The zero-order valence-corrected chi connectivity index (χ0v) is 12.7. The minimum atomic E-state index is -0.233. The Morgan fingerprint density at radius 1 is 1.36 bits per heavy atom. The van der Waals surface area contributed by atoms with Gasteiger partial charge in [-0.25, -0.2) is 9.97 Å². The maximum absolute atomic E-state index is 11.5. The molecule has 0 aliphatic carbocycles. The van der Waals surface area contributed by atoms with E-state index in [2.05, 4.69) is 30.4 Å². The van der Waals surface area contributed by atoms with E-state index < -0.39 is 0 Å². The van der Waals surface area contributed by atoms with Crippen LogP contribution in [0, 0.1) is 0 Å². The van der Waals surface area contributed by atoms with Crippen LogP contribution in [0.2, 0.25) is 0 Å². The quantitative estimate of drug-likeness (QED) is 0.900. The first-order valence-corrected chi connectivity index (χ1v) is 7.35. The summed E-state index contributed by atoms with van der Waals surface area (Å²) in [6.07, 6.45) is 3.64. The van der Waals surface area contributed by atoms with E-state index in [1.54, 1.807) is 13.1 Å². The van der Waals surface area contributed by atoms with Gasteiger partial charge in [-0.05, 0) is 24.1 Å². The number of aromatic nitrogens is 4. The number of anilines is 1. The molecule has 0 atom stereocenters. The molecule has 3 heterocycles. The largest absolute Gasteiger partial charge is 0.354 e. The molecular formula is C15H18N6O. The number of hydrogen-bond acceptors (Lipinski definition) is 6. The van der Waals surface area contributed by atoms with Gasteiger partial charge in [0.15, 0.2) is 11.5 Å². The van der Waals surface area contributed by atoms with Crippen LogP contribution in [0.1, 0.15) is 34.5 Å². The number of rotatable bonds is 3. The Morgan fingerprint density at radius 3 is 2.91 bits per heavy atom. The van der Waals surface area contributed by atoms with Gasteiger partial charge < -0.3 is 10.2 Å². The van der Waals surface area contributed by atoms with Crippen LogP contribution >= 0.6 is 0 Å². The van der Waals surface area contributed by atoms with E-state index in [1.807, 2.05) is 19.2 Å². The fourth-order valence-corrected chi connectivity index (χ4v) is 2.45. The molecule has 0 spiro atoms. The van der Waals surface area contributed by atoms with Crippen LogP contribution in [-0.4, -0.2) is 39.7 Å². The first-order valence-electron chi connectivity index (χ1n) is 7.35. The van der Waals surface area contributed by atoms with Crippen molar-refractivity contribution in [3.05, 3.63) is 41.1 Å². The van der Waals surface area contributed by atoms with Crippen molar-refractivity contribution in [3.63, 3.8) is 0 Å². The van der Waals surface area contributed by atoms with E-state index in [1.165, 1.54) is 5.56 Å². The highest BCUT2D eigenvalue weighted by atomic mass is 16.1. The Kier molecular flexibility index (Phi) is 3.95. The van der Waals surface area contributed by atoms with Crippen molar-refractivity contribution in [2.75, 3.05) is 18.5 Å². The predicted octanol–water partition coefficient (Wildman–Crippen LogP) is 0.751. The Labute approximate surface area is 128 Å². The van der Waals surface area contributed by atoms with Crippen molar-refractivity contribution in [1.82, 2.24) is 25.5 Å². The summed E-state index contributed by atoms with van der Waals surface area (Å²) in [5.74, 6) is 1.39. The van der Waals surface area contributed by atoms with Crippen molar-refractivity contribution in [3.8, 4) is 0 Å². The van der Waals surface area contributed by atoms with E-state index in [0.29, 0.717) is 12.2 Å². The van der Waals surface area contributed by atoms with Crippen molar-refractivity contribution in [2.24, 2.45) is 0 Å². The molecule has 1 aliphatic rings. The minimum absolute atomic E-state index is 0.233. The van der Waals surface area contributed by atoms with Crippen LogP contribution < -0.4 is 10.2 Å². The van der Waals surface area contributed by atoms with Crippen LogP contribution in [0.15, 0.2) is 18.3 Å². The van der Waals surface area contributed by atoms with E-state index in [0.717, 1.165) is 36.7 Å². The number of amides is 1. The fraction of sp³-hybridized carbons (Fsp3) is 0.400. The lowest BCUT2D eigenvalue weighted by Crippen LogP contribution is -2.32. The molecule has 0 radical (unpaired) electrons. The lowest BCUT2D eigenvalue weighted by atomic mass is 10.1. The maximum Gasteiger partial charge on any atom is 0.271 e. The van der Waals surface area contributed by atoms with Gasteiger partial charge in [-0.15, -0.1) is 10.2 Å². The predicted molar refractivity (Wildman–Crippen MR) is 81.6 cm³/mol. The molecule has 0 saturated heterocycles. The molecule has 0 fully saturated rings. The van der Waals surface area contributed by atoms with Crippen molar-refractivity contribution >= 4 is 11.7 Å². The Morgan fingerprint density at radius 2 is 2.23 bits per heavy atom. The summed E-state index contributed by atoms with van der Waals surface area (Å²) in [7, 11) is 1.57. The lowest BCUT2D eigenvalue weighted by molar-refractivity contribution is 0.0957. The zero-order chi connectivity index (χ0) is 15.5. The standard InChI is InChI=1S/C15H18N6O/c1-3-13-17-8-10-6-7-21(9-12(10)18-13)14-5-4-11(19-20-14)15(22)16-2/h4-5,8H,3,6-7,9H2,1-2H3,(H,16,22). The second kappa shape index (κ2) is 6.05. The normalized spacial score (nSPS) is 13.6. The Balaban J connectivity index is 1.80. The van der Waals surface area contributed by atoms with Gasteiger partial charge >= 0.3 is 0 Å². The van der Waals surface area contributed by atoms with Crippen LogP contribution in [0.25, 0.3) is 0 Å². The van der Waals surface area contributed by atoms with Gasteiger partial charge in [-0.1, -0.05) is 6.92 Å². The highest BCUT2D eigenvalue weighted by molar-refractivity contribution is 5.91. The van der Waals surface area contributed by atoms with Crippen molar-refractivity contribution < 1.29 is 4.79 Å². The number of carbonyl (C=O) groups is 1. The number of carbonyl (C=O) groups excluding carboxylic acids is 1. The fourth-order valence-electron chi connectivity index (χ4n) is 2.45. The zero-order valence-electron chi connectivity index (χ0n) is 12.7. The summed E-state index contributed by atoms with van der Waals surface area (Å²) < 4.78 is 0. The molecule has 0 aromatic carbocycles. The third-order valence-electron chi connectivity index (χ3n) is 3.75. The van der Waals surface area contributed by atoms with Gasteiger partial charge in [-0.2, -0.15) is 0 Å². The topological polar surface area (TPSA) is 83.9 Å². The molecule has 1 aliphatic heterocycles. The van der Waals surface area contributed by atoms with Crippen molar-refractivity contribution in [1.29, 1.82) is 0 Å². The molecule has 114 valence electrons. The van der Waals surface area contributed by atoms with E-state index in [9.17, 15) is 4.79 Å². The summed E-state index contributed by atoms with van der Waals surface area (Å²) in [5.41, 5.74) is 2.57. The van der Waals surface area contributed by atoms with Gasteiger partial charge in [0.1, 0.15) is 5.82 Å². The first kappa shape index (κ1) is 14.4. The highest BCUT2D eigenvalue weighted by Crippen LogP contribution is 2.21. The second-order valence-electron chi connectivity index (χ2n) is 5.14. The summed E-state index contributed by atoms with van der Waals surface area (Å²) in [5, 5.41) is 10.7. The number of hydrogen-bond donors (Lipinski definition) is 1. The average molecular weight is 298 g/mol. The summed E-state index contributed by atoms with van der Waals surface area (Å²) >= 11 is 0. The third-order valence-corrected chi connectivity index (χ3v) is 3.75. The maximum atomic E-state index is 11.5. The van der Waals surface area contributed by atoms with Crippen molar-refractivity contribution in [2.45, 2.75) is 26.3 Å². The number of nitrogens with one attached hydrogen (secondary N) is 1. The summed E-state index contributed by atoms with van der Waals surface area (Å²) in [4.78, 5) is 22.6. The number of fused-ring (bicyclic) bond motifs is 1. The Hall–Kier alpha value is -2.57. The van der Waals surface area contributed by atoms with Gasteiger partial charge in [-0.3, -0.25) is 4.79 Å². The lowest BCUT2D eigenvalue weighted by Gasteiger charge is -2.28. The molecular weight excluding hydrogens is 280 g/mol. The molecule has 2 aromatic heterocycles.